The van der Waals surface area contributed by atoms with E-state index < -0.39 is 23.8 Å². The Morgan fingerprint density at radius 3 is 2.42 bits per heavy atom. The summed E-state index contributed by atoms with van der Waals surface area (Å²) in [6.45, 7) is 1.97. The first-order valence-corrected chi connectivity index (χ1v) is 8.92. The highest BCUT2D eigenvalue weighted by Gasteiger charge is 2.35. The van der Waals surface area contributed by atoms with Crippen molar-refractivity contribution in [1.82, 2.24) is 10.4 Å². The van der Waals surface area contributed by atoms with Crippen molar-refractivity contribution < 1.29 is 24.0 Å². The maximum atomic E-state index is 12.3. The summed E-state index contributed by atoms with van der Waals surface area (Å²) in [6, 6.07) is 8.69. The molecular weight excluding hydrogens is 336 g/mol. The molecule has 1 aromatic rings. The fourth-order valence-electron chi connectivity index (χ4n) is 2.64. The van der Waals surface area contributed by atoms with Crippen molar-refractivity contribution in [3.8, 4) is 0 Å². The third-order valence-electron chi connectivity index (χ3n) is 4.14. The summed E-state index contributed by atoms with van der Waals surface area (Å²) in [5, 5.41) is 3.17. The lowest BCUT2D eigenvalue weighted by molar-refractivity contribution is -0.199. The van der Waals surface area contributed by atoms with Crippen LogP contribution in [-0.4, -0.2) is 34.8 Å². The zero-order chi connectivity index (χ0) is 18.9. The van der Waals surface area contributed by atoms with E-state index in [2.05, 4.69) is 5.32 Å². The van der Waals surface area contributed by atoms with Gasteiger partial charge in [0.2, 0.25) is 5.91 Å². The molecule has 1 heterocycles. The molecule has 1 aromatic carbocycles. The van der Waals surface area contributed by atoms with Gasteiger partial charge >= 0.3 is 5.97 Å². The van der Waals surface area contributed by atoms with Gasteiger partial charge in [-0.25, -0.2) is 4.79 Å². The van der Waals surface area contributed by atoms with Crippen LogP contribution >= 0.6 is 0 Å². The van der Waals surface area contributed by atoms with Gasteiger partial charge in [0.25, 0.3) is 11.8 Å². The molecule has 0 aromatic heterocycles. The molecule has 1 aliphatic rings. The molecule has 1 saturated heterocycles. The first kappa shape index (κ1) is 19.6. The number of benzene rings is 1. The van der Waals surface area contributed by atoms with E-state index in [0.717, 1.165) is 12.0 Å². The Kier molecular flexibility index (Phi) is 7.32. The Morgan fingerprint density at radius 1 is 1.15 bits per heavy atom. The van der Waals surface area contributed by atoms with Crippen LogP contribution in [0.15, 0.2) is 30.3 Å². The Hall–Kier alpha value is -2.70. The molecule has 1 N–H and O–H groups in total. The summed E-state index contributed by atoms with van der Waals surface area (Å²) in [5.41, 5.74) is 1.03. The van der Waals surface area contributed by atoms with Crippen LogP contribution in [0.4, 0.5) is 0 Å². The van der Waals surface area contributed by atoms with Crippen molar-refractivity contribution >= 4 is 23.7 Å². The van der Waals surface area contributed by atoms with Crippen LogP contribution in [0.2, 0.25) is 0 Å². The monoisotopic (exact) mass is 360 g/mol. The number of nitrogens with one attached hydrogen (secondary N) is 1. The van der Waals surface area contributed by atoms with E-state index >= 15 is 0 Å². The summed E-state index contributed by atoms with van der Waals surface area (Å²) < 4.78 is 0. The van der Waals surface area contributed by atoms with Crippen molar-refractivity contribution in [3.63, 3.8) is 0 Å². The molecule has 7 heteroatoms. The fraction of sp³-hybridized carbons (Fsp3) is 0.474. The SMILES string of the molecule is CCCCC(NC(=O)CCc1ccccc1)C(=O)ON1C(=O)CCC1=O. The number of carbonyl (C=O) groups is 4. The van der Waals surface area contributed by atoms with E-state index in [1.807, 2.05) is 37.3 Å². The van der Waals surface area contributed by atoms with Gasteiger partial charge in [0.1, 0.15) is 6.04 Å². The molecule has 0 saturated carbocycles. The normalized spacial score (nSPS) is 15.0. The number of hydroxylamine groups is 2. The van der Waals surface area contributed by atoms with Gasteiger partial charge in [-0.2, -0.15) is 0 Å². The second kappa shape index (κ2) is 9.70. The van der Waals surface area contributed by atoms with E-state index in [1.54, 1.807) is 0 Å². The Morgan fingerprint density at radius 2 is 1.81 bits per heavy atom. The van der Waals surface area contributed by atoms with Gasteiger partial charge in [0.05, 0.1) is 0 Å². The average Bonchev–Trinajstić information content (AvgIpc) is 2.96. The predicted octanol–water partition coefficient (Wildman–Crippen LogP) is 1.90. The highest BCUT2D eigenvalue weighted by Crippen LogP contribution is 2.14. The average molecular weight is 360 g/mol. The Labute approximate surface area is 152 Å². The number of unbranched alkanes of at least 4 members (excludes halogenated alkanes) is 1. The third kappa shape index (κ3) is 5.68. The topological polar surface area (TPSA) is 92.8 Å². The van der Waals surface area contributed by atoms with Gasteiger partial charge < -0.3 is 10.2 Å². The number of imide groups is 1. The molecule has 0 bridgehead atoms. The van der Waals surface area contributed by atoms with Crippen LogP contribution in [0.5, 0.6) is 0 Å². The minimum Gasteiger partial charge on any atom is -0.343 e. The number of carbonyl (C=O) groups excluding carboxylic acids is 4. The zero-order valence-corrected chi connectivity index (χ0v) is 14.9. The van der Waals surface area contributed by atoms with Crippen LogP contribution in [0.1, 0.15) is 51.0 Å². The Bertz CT molecular complexity index is 643. The van der Waals surface area contributed by atoms with Crippen LogP contribution in [0, 0.1) is 0 Å². The van der Waals surface area contributed by atoms with Crippen molar-refractivity contribution in [2.75, 3.05) is 0 Å². The van der Waals surface area contributed by atoms with Gasteiger partial charge in [-0.15, -0.1) is 5.06 Å². The van der Waals surface area contributed by atoms with E-state index in [9.17, 15) is 19.2 Å². The summed E-state index contributed by atoms with van der Waals surface area (Å²) >= 11 is 0. The van der Waals surface area contributed by atoms with E-state index in [4.69, 9.17) is 4.84 Å². The van der Waals surface area contributed by atoms with Gasteiger partial charge in [-0.05, 0) is 18.4 Å². The molecule has 3 amide bonds. The number of nitrogens with zero attached hydrogens (tertiary/aromatic N) is 1. The summed E-state index contributed by atoms with van der Waals surface area (Å²) in [6.07, 6.45) is 2.81. The third-order valence-corrected chi connectivity index (χ3v) is 4.14. The second-order valence-electron chi connectivity index (χ2n) is 6.24. The molecule has 1 unspecified atom stereocenters. The lowest BCUT2D eigenvalue weighted by Crippen LogP contribution is -2.45. The number of rotatable bonds is 9. The van der Waals surface area contributed by atoms with E-state index in [1.165, 1.54) is 0 Å². The molecule has 26 heavy (non-hydrogen) atoms. The van der Waals surface area contributed by atoms with Gasteiger partial charge in [0, 0.05) is 19.3 Å². The standard InChI is InChI=1S/C19H24N2O5/c1-2-3-9-15(19(25)26-21-17(23)12-13-18(21)24)20-16(22)11-10-14-7-5-4-6-8-14/h4-8,15H,2-3,9-13H2,1H3,(H,20,22). The van der Waals surface area contributed by atoms with E-state index in [-0.39, 0.29) is 25.2 Å². The zero-order valence-electron chi connectivity index (χ0n) is 14.9. The van der Waals surface area contributed by atoms with Gasteiger partial charge in [-0.3, -0.25) is 14.4 Å². The van der Waals surface area contributed by atoms with Crippen molar-refractivity contribution in [2.24, 2.45) is 0 Å². The smallest absolute Gasteiger partial charge is 0.343 e. The van der Waals surface area contributed by atoms with Gasteiger partial charge in [0.15, 0.2) is 0 Å². The molecule has 0 radical (unpaired) electrons. The molecule has 1 atom stereocenters. The molecule has 2 rings (SSSR count). The molecule has 7 nitrogen and oxygen atoms in total. The predicted molar refractivity (Wildman–Crippen MR) is 93.4 cm³/mol. The minimum atomic E-state index is -0.876. The molecular formula is C19H24N2O5. The van der Waals surface area contributed by atoms with E-state index in [0.29, 0.717) is 24.3 Å². The summed E-state index contributed by atoms with van der Waals surface area (Å²) in [5.74, 6) is -2.12. The lowest BCUT2D eigenvalue weighted by atomic mass is 10.1. The minimum absolute atomic E-state index is 0.0369. The van der Waals surface area contributed by atoms with Crippen LogP contribution in [0.3, 0.4) is 0 Å². The van der Waals surface area contributed by atoms with Crippen LogP contribution < -0.4 is 5.32 Å². The quantitative estimate of drug-likeness (QED) is 0.679. The molecule has 0 spiro atoms. The number of aryl methyl sites for hydroxylation is 1. The highest BCUT2D eigenvalue weighted by atomic mass is 16.7. The highest BCUT2D eigenvalue weighted by molar-refractivity contribution is 6.01. The molecule has 1 aliphatic heterocycles. The van der Waals surface area contributed by atoms with Crippen LogP contribution in [-0.2, 0) is 30.4 Å². The summed E-state index contributed by atoms with van der Waals surface area (Å²) in [7, 11) is 0. The van der Waals surface area contributed by atoms with Crippen molar-refractivity contribution in [1.29, 1.82) is 0 Å². The maximum absolute atomic E-state index is 12.3. The number of hydrogen-bond acceptors (Lipinski definition) is 5. The number of amides is 3. The largest absolute Gasteiger partial charge is 0.355 e. The maximum Gasteiger partial charge on any atom is 0.355 e. The fourth-order valence-corrected chi connectivity index (χ4v) is 2.64. The molecule has 1 fully saturated rings. The second-order valence-corrected chi connectivity index (χ2v) is 6.24. The molecule has 0 aliphatic carbocycles. The first-order chi connectivity index (χ1) is 12.5. The van der Waals surface area contributed by atoms with Gasteiger partial charge in [-0.1, -0.05) is 50.1 Å². The summed E-state index contributed by atoms with van der Waals surface area (Å²) in [4.78, 5) is 52.6. The van der Waals surface area contributed by atoms with Crippen LogP contribution in [0.25, 0.3) is 0 Å². The van der Waals surface area contributed by atoms with Crippen molar-refractivity contribution in [2.45, 2.75) is 57.9 Å². The van der Waals surface area contributed by atoms with Crippen molar-refractivity contribution in [3.05, 3.63) is 35.9 Å². The lowest BCUT2D eigenvalue weighted by Gasteiger charge is -2.20. The first-order valence-electron chi connectivity index (χ1n) is 8.92. The number of hydrogen-bond donors (Lipinski definition) is 1. The Balaban J connectivity index is 1.90. The molecule has 140 valence electrons.